The predicted octanol–water partition coefficient (Wildman–Crippen LogP) is -0.346. The lowest BCUT2D eigenvalue weighted by atomic mass is 10.1. The summed E-state index contributed by atoms with van der Waals surface area (Å²) < 4.78 is 22.9. The van der Waals surface area contributed by atoms with Crippen molar-refractivity contribution in [3.05, 3.63) is 0 Å². The zero-order chi connectivity index (χ0) is 15.4. The summed E-state index contributed by atoms with van der Waals surface area (Å²) in [4.78, 5) is 10.8. The van der Waals surface area contributed by atoms with Gasteiger partial charge in [-0.15, -0.1) is 0 Å². The summed E-state index contributed by atoms with van der Waals surface area (Å²) in [5.74, 6) is -0.605. The quantitative estimate of drug-likeness (QED) is 0.315. The van der Waals surface area contributed by atoms with Crippen molar-refractivity contribution >= 4 is 25.4 Å². The van der Waals surface area contributed by atoms with Crippen molar-refractivity contribution in [1.82, 2.24) is 0 Å². The van der Waals surface area contributed by atoms with Gasteiger partial charge in [-0.25, -0.2) is 8.42 Å². The van der Waals surface area contributed by atoms with E-state index < -0.39 is 38.2 Å². The van der Waals surface area contributed by atoms with E-state index in [-0.39, 0.29) is 12.4 Å². The van der Waals surface area contributed by atoms with Gasteiger partial charge in [-0.1, -0.05) is 25.7 Å². The van der Waals surface area contributed by atoms with E-state index in [0.717, 1.165) is 25.7 Å². The first kappa shape index (κ1) is 19.9. The third-order valence-electron chi connectivity index (χ3n) is 2.72. The van der Waals surface area contributed by atoms with Gasteiger partial charge in [0.2, 0.25) is 0 Å². The van der Waals surface area contributed by atoms with Crippen LogP contribution >= 0.6 is 0 Å². The van der Waals surface area contributed by atoms with Crippen LogP contribution in [0.1, 0.15) is 38.5 Å². The Hall–Kier alpha value is -0.150. The maximum absolute atomic E-state index is 11.5. The third-order valence-corrected chi connectivity index (χ3v) is 6.41. The number of rotatable bonds is 13. The fraction of sp³-hybridized carbons (Fsp3) is 0.917. The first-order valence-corrected chi connectivity index (χ1v) is 9.85. The first-order chi connectivity index (χ1) is 9.51. The molecule has 0 spiro atoms. The van der Waals surface area contributed by atoms with Gasteiger partial charge in [-0.3, -0.25) is 4.79 Å². The van der Waals surface area contributed by atoms with Gasteiger partial charge in [0.05, 0.1) is 18.5 Å². The highest BCUT2D eigenvalue weighted by molar-refractivity contribution is 8.61. The molecule has 0 aliphatic heterocycles. The van der Waals surface area contributed by atoms with Gasteiger partial charge in [0.1, 0.15) is 26.3 Å². The molecule has 0 aromatic carbocycles. The summed E-state index contributed by atoms with van der Waals surface area (Å²) in [7, 11) is -3.24. The Morgan fingerprint density at radius 2 is 1.55 bits per heavy atom. The lowest BCUT2D eigenvalue weighted by Gasteiger charge is -2.06. The Balaban J connectivity index is 3.53. The molecule has 0 amide bonds. The van der Waals surface area contributed by atoms with Crippen molar-refractivity contribution in [2.45, 2.75) is 44.6 Å². The monoisotopic (exact) mass is 328 g/mol. The molecule has 0 aromatic heterocycles. The Labute approximate surface area is 123 Å². The van der Waals surface area contributed by atoms with Gasteiger partial charge in [0.25, 0.3) is 0 Å². The van der Waals surface area contributed by atoms with E-state index in [1.807, 2.05) is 0 Å². The minimum absolute atomic E-state index is 0.211. The van der Waals surface area contributed by atoms with Crippen LogP contribution in [0.25, 0.3) is 0 Å². The Morgan fingerprint density at radius 1 is 0.950 bits per heavy atom. The molecule has 0 radical (unpaired) electrons. The molecule has 0 aliphatic rings. The van der Waals surface area contributed by atoms with Crippen LogP contribution in [0.5, 0.6) is 0 Å². The number of carbonyl (C=O) groups excluding carboxylic acids is 1. The van der Waals surface area contributed by atoms with Crippen molar-refractivity contribution in [2.24, 2.45) is 0 Å². The van der Waals surface area contributed by atoms with Crippen LogP contribution in [0.4, 0.5) is 0 Å². The zero-order valence-corrected chi connectivity index (χ0v) is 13.2. The Bertz CT molecular complexity index is 321. The van der Waals surface area contributed by atoms with E-state index in [1.165, 1.54) is 0 Å². The highest BCUT2D eigenvalue weighted by Gasteiger charge is 2.13. The molecule has 0 rings (SSSR count). The second-order valence-corrected chi connectivity index (χ2v) is 8.69. The van der Waals surface area contributed by atoms with Gasteiger partial charge < -0.3 is 15.3 Å². The summed E-state index contributed by atoms with van der Waals surface area (Å²) in [6.45, 7) is -0.875. The molecule has 0 fully saturated rings. The smallest absolute Gasteiger partial charge is 0.171 e. The van der Waals surface area contributed by atoms with E-state index in [4.69, 9.17) is 15.3 Å². The summed E-state index contributed by atoms with van der Waals surface area (Å²) in [5, 5.41) is 26.2. The lowest BCUT2D eigenvalue weighted by Crippen LogP contribution is -2.18. The van der Waals surface area contributed by atoms with Crippen molar-refractivity contribution in [1.29, 1.82) is 0 Å². The number of hydrogen-bond acceptors (Lipinski definition) is 6. The van der Waals surface area contributed by atoms with Crippen molar-refractivity contribution < 1.29 is 28.5 Å². The van der Waals surface area contributed by atoms with Crippen LogP contribution in [-0.2, 0) is 24.5 Å². The van der Waals surface area contributed by atoms with Crippen LogP contribution < -0.4 is 0 Å². The zero-order valence-electron chi connectivity index (χ0n) is 11.5. The van der Waals surface area contributed by atoms with Crippen molar-refractivity contribution in [2.75, 3.05) is 24.7 Å². The number of aliphatic hydroxyl groups is 3. The number of carbonyl (C=O) groups is 1. The van der Waals surface area contributed by atoms with Gasteiger partial charge in [0, 0.05) is 5.75 Å². The van der Waals surface area contributed by atoms with Crippen LogP contribution in [0.3, 0.4) is 0 Å². The Kier molecular flexibility index (Phi) is 12.5. The van der Waals surface area contributed by atoms with E-state index >= 15 is 0 Å². The maximum atomic E-state index is 11.5. The largest absolute Gasteiger partial charge is 0.394 e. The number of Topliss-reactive ketones (excluding diaryl/α,β-unsaturated/α-hetero) is 1. The predicted molar refractivity (Wildman–Crippen MR) is 78.9 cm³/mol. The number of aliphatic hydroxyl groups excluding tert-OH is 3. The van der Waals surface area contributed by atoms with E-state index in [0.29, 0.717) is 18.6 Å². The van der Waals surface area contributed by atoms with Crippen molar-refractivity contribution in [3.8, 4) is 0 Å². The molecular weight excluding hydrogens is 304 g/mol. The van der Waals surface area contributed by atoms with Crippen molar-refractivity contribution in [3.63, 3.8) is 0 Å². The Morgan fingerprint density at radius 3 is 2.15 bits per heavy atom. The first-order valence-electron chi connectivity index (χ1n) is 6.70. The van der Waals surface area contributed by atoms with E-state index in [9.17, 15) is 13.2 Å². The second-order valence-electron chi connectivity index (χ2n) is 4.55. The van der Waals surface area contributed by atoms with Crippen LogP contribution in [0.2, 0.25) is 0 Å². The molecule has 0 heterocycles. The molecule has 0 aromatic rings. The SMILES string of the molecule is O=C(CO)CS(=O)S(=O)CCCCCCCC(O)CO. The average Bonchev–Trinajstić information content (AvgIpc) is 2.45. The number of hydrogen-bond donors (Lipinski definition) is 3. The highest BCUT2D eigenvalue weighted by Crippen LogP contribution is 2.08. The number of unbranched alkanes of at least 4 members (excludes halogenated alkanes) is 4. The molecule has 0 saturated carbocycles. The molecule has 6 nitrogen and oxygen atoms in total. The van der Waals surface area contributed by atoms with Crippen LogP contribution in [-0.4, -0.2) is 60.3 Å². The van der Waals surface area contributed by atoms with Gasteiger partial charge in [-0.2, -0.15) is 0 Å². The van der Waals surface area contributed by atoms with Gasteiger partial charge >= 0.3 is 0 Å². The molecular formula is C12H24O6S2. The molecule has 0 saturated heterocycles. The third kappa shape index (κ3) is 10.6. The topological polar surface area (TPSA) is 112 Å². The minimum atomic E-state index is -1.71. The summed E-state index contributed by atoms with van der Waals surface area (Å²) >= 11 is 0. The molecule has 3 N–H and O–H groups in total. The lowest BCUT2D eigenvalue weighted by molar-refractivity contribution is -0.119. The summed E-state index contributed by atoms with van der Waals surface area (Å²) in [6.07, 6.45) is 4.15. The minimum Gasteiger partial charge on any atom is -0.394 e. The molecule has 3 atom stereocenters. The van der Waals surface area contributed by atoms with Gasteiger partial charge in [0.15, 0.2) is 5.78 Å². The summed E-state index contributed by atoms with van der Waals surface area (Å²) in [5.41, 5.74) is 0. The molecule has 0 bridgehead atoms. The number of ketones is 1. The fourth-order valence-electron chi connectivity index (χ4n) is 1.56. The standard InChI is InChI=1S/C12H24O6S2/c13-8-11(15)6-4-2-1-3-5-7-19(17)20(18)10-12(16)9-14/h11,13-15H,1-10H2. The molecule has 120 valence electrons. The highest BCUT2D eigenvalue weighted by atomic mass is 33.1. The normalized spacial score (nSPS) is 15.8. The van der Waals surface area contributed by atoms with Crippen LogP contribution in [0, 0.1) is 0 Å². The fourth-order valence-corrected chi connectivity index (χ4v) is 4.37. The molecule has 8 heteroatoms. The molecule has 20 heavy (non-hydrogen) atoms. The molecule has 3 unspecified atom stereocenters. The average molecular weight is 328 g/mol. The molecule has 0 aliphatic carbocycles. The maximum Gasteiger partial charge on any atom is 0.171 e. The van der Waals surface area contributed by atoms with E-state index in [2.05, 4.69) is 0 Å². The van der Waals surface area contributed by atoms with Crippen LogP contribution in [0.15, 0.2) is 0 Å². The van der Waals surface area contributed by atoms with E-state index in [1.54, 1.807) is 0 Å². The second kappa shape index (κ2) is 12.6. The van der Waals surface area contributed by atoms with Gasteiger partial charge in [-0.05, 0) is 12.8 Å². The summed E-state index contributed by atoms with van der Waals surface area (Å²) in [6, 6.07) is 0.